The van der Waals surface area contributed by atoms with E-state index in [0.29, 0.717) is 0 Å². The first-order chi connectivity index (χ1) is 10.1. The molecule has 0 N–H and O–H groups in total. The van der Waals surface area contributed by atoms with E-state index in [1.807, 2.05) is 32.2 Å². The summed E-state index contributed by atoms with van der Waals surface area (Å²) in [5.41, 5.74) is 3.20. The highest BCUT2D eigenvalue weighted by molar-refractivity contribution is 6.30. The molecule has 2 aromatic rings. The number of hydrogen-bond donors (Lipinski definition) is 0. The fourth-order valence-electron chi connectivity index (χ4n) is 2.65. The Morgan fingerprint density at radius 2 is 1.57 bits per heavy atom. The fourth-order valence-corrected chi connectivity index (χ4v) is 2.78. The van der Waals surface area contributed by atoms with Crippen LogP contribution >= 0.6 is 11.6 Å². The molecule has 3 rings (SSSR count). The molecule has 0 amide bonds. The molecule has 0 atom stereocenters. The minimum Gasteiger partial charge on any atom is -0.368 e. The Bertz CT molecular complexity index is 619. The van der Waals surface area contributed by atoms with Crippen molar-refractivity contribution in [2.45, 2.75) is 13.8 Å². The molecule has 2 heterocycles. The molecule has 0 aliphatic carbocycles. The Hall–Kier alpha value is -1.81. The smallest absolute Gasteiger partial charge is 0.150 e. The van der Waals surface area contributed by atoms with Gasteiger partial charge in [-0.25, -0.2) is 4.98 Å². The number of piperazine rings is 1. The molecule has 21 heavy (non-hydrogen) atoms. The van der Waals surface area contributed by atoms with Crippen molar-refractivity contribution >= 4 is 23.1 Å². The maximum Gasteiger partial charge on any atom is 0.150 e. The van der Waals surface area contributed by atoms with Crippen LogP contribution in [0.5, 0.6) is 0 Å². The second-order valence-corrected chi connectivity index (χ2v) is 5.81. The third-order valence-electron chi connectivity index (χ3n) is 3.82. The Kier molecular flexibility index (Phi) is 3.97. The van der Waals surface area contributed by atoms with E-state index in [1.165, 1.54) is 5.69 Å². The highest BCUT2D eigenvalue weighted by Gasteiger charge is 2.20. The zero-order chi connectivity index (χ0) is 14.8. The molecular formula is C16H19ClN4. The van der Waals surface area contributed by atoms with Crippen molar-refractivity contribution in [1.82, 2.24) is 9.97 Å². The zero-order valence-corrected chi connectivity index (χ0v) is 13.1. The lowest BCUT2D eigenvalue weighted by molar-refractivity contribution is 0.643. The van der Waals surface area contributed by atoms with E-state index in [-0.39, 0.29) is 0 Å². The minimum absolute atomic E-state index is 0.781. The van der Waals surface area contributed by atoms with Gasteiger partial charge in [0.15, 0.2) is 0 Å². The normalized spacial score (nSPS) is 15.4. The molecule has 5 heteroatoms. The van der Waals surface area contributed by atoms with Crippen LogP contribution in [0.3, 0.4) is 0 Å². The van der Waals surface area contributed by atoms with Crippen molar-refractivity contribution in [3.05, 3.63) is 46.9 Å². The van der Waals surface area contributed by atoms with Crippen molar-refractivity contribution in [2.75, 3.05) is 36.0 Å². The lowest BCUT2D eigenvalue weighted by Crippen LogP contribution is -2.47. The number of benzene rings is 1. The topological polar surface area (TPSA) is 32.3 Å². The minimum atomic E-state index is 0.781. The summed E-state index contributed by atoms with van der Waals surface area (Å²) < 4.78 is 0. The predicted molar refractivity (Wildman–Crippen MR) is 87.4 cm³/mol. The molecule has 1 saturated heterocycles. The summed E-state index contributed by atoms with van der Waals surface area (Å²) in [4.78, 5) is 13.7. The van der Waals surface area contributed by atoms with E-state index >= 15 is 0 Å². The first-order valence-electron chi connectivity index (χ1n) is 7.19. The lowest BCUT2D eigenvalue weighted by Gasteiger charge is -2.37. The largest absolute Gasteiger partial charge is 0.368 e. The molecule has 1 fully saturated rings. The van der Waals surface area contributed by atoms with Gasteiger partial charge in [-0.15, -0.1) is 0 Å². The Morgan fingerprint density at radius 3 is 2.24 bits per heavy atom. The maximum atomic E-state index is 5.94. The van der Waals surface area contributed by atoms with E-state index in [9.17, 15) is 0 Å². The second kappa shape index (κ2) is 5.90. The summed E-state index contributed by atoms with van der Waals surface area (Å²) in [7, 11) is 0. The lowest BCUT2D eigenvalue weighted by atomic mass is 10.2. The Labute approximate surface area is 130 Å². The zero-order valence-electron chi connectivity index (χ0n) is 12.4. The van der Waals surface area contributed by atoms with E-state index in [4.69, 9.17) is 11.6 Å². The molecule has 4 nitrogen and oxygen atoms in total. The summed E-state index contributed by atoms with van der Waals surface area (Å²) in [6.07, 6.45) is 1.82. The summed E-state index contributed by atoms with van der Waals surface area (Å²) in [6, 6.07) is 8.05. The summed E-state index contributed by atoms with van der Waals surface area (Å²) >= 11 is 5.94. The predicted octanol–water partition coefficient (Wildman–Crippen LogP) is 3.07. The standard InChI is InChI=1S/C16H19ClN4/c1-12-11-18-13(2)16(19-12)21-9-7-20(8-10-21)15-5-3-14(17)4-6-15/h3-6,11H,7-10H2,1-2H3. The van der Waals surface area contributed by atoms with Crippen LogP contribution in [0, 0.1) is 13.8 Å². The van der Waals surface area contributed by atoms with Gasteiger partial charge < -0.3 is 9.80 Å². The molecule has 1 aliphatic heterocycles. The monoisotopic (exact) mass is 302 g/mol. The van der Waals surface area contributed by atoms with E-state index in [0.717, 1.165) is 48.4 Å². The van der Waals surface area contributed by atoms with Crippen LogP contribution in [0.1, 0.15) is 11.4 Å². The van der Waals surface area contributed by atoms with Crippen molar-refractivity contribution < 1.29 is 0 Å². The number of rotatable bonds is 2. The number of anilines is 2. The summed E-state index contributed by atoms with van der Waals surface area (Å²) in [5, 5.41) is 0.781. The average Bonchev–Trinajstić information content (AvgIpc) is 2.51. The molecule has 0 radical (unpaired) electrons. The van der Waals surface area contributed by atoms with Crippen molar-refractivity contribution in [3.63, 3.8) is 0 Å². The van der Waals surface area contributed by atoms with Gasteiger partial charge >= 0.3 is 0 Å². The number of aromatic nitrogens is 2. The highest BCUT2D eigenvalue weighted by atomic mass is 35.5. The van der Waals surface area contributed by atoms with Crippen molar-refractivity contribution in [1.29, 1.82) is 0 Å². The quantitative estimate of drug-likeness (QED) is 0.853. The van der Waals surface area contributed by atoms with Crippen LogP contribution in [0.4, 0.5) is 11.5 Å². The molecular weight excluding hydrogens is 284 g/mol. The van der Waals surface area contributed by atoms with E-state index in [2.05, 4.69) is 31.9 Å². The van der Waals surface area contributed by atoms with Gasteiger partial charge in [-0.3, -0.25) is 4.98 Å². The first kappa shape index (κ1) is 14.1. The highest BCUT2D eigenvalue weighted by Crippen LogP contribution is 2.22. The van der Waals surface area contributed by atoms with Crippen LogP contribution < -0.4 is 9.80 Å². The van der Waals surface area contributed by atoms with Crippen LogP contribution in [0.15, 0.2) is 30.5 Å². The molecule has 0 unspecified atom stereocenters. The summed E-state index contributed by atoms with van der Waals surface area (Å²) in [5.74, 6) is 1.02. The van der Waals surface area contributed by atoms with Crippen LogP contribution in [0.25, 0.3) is 0 Å². The number of hydrogen-bond acceptors (Lipinski definition) is 4. The molecule has 0 spiro atoms. The molecule has 110 valence electrons. The number of aryl methyl sites for hydroxylation is 2. The van der Waals surface area contributed by atoms with Crippen LogP contribution in [0.2, 0.25) is 5.02 Å². The van der Waals surface area contributed by atoms with E-state index in [1.54, 1.807) is 0 Å². The molecule has 0 saturated carbocycles. The van der Waals surface area contributed by atoms with Gasteiger partial charge in [0.1, 0.15) is 5.82 Å². The SMILES string of the molecule is Cc1cnc(C)c(N2CCN(c3ccc(Cl)cc3)CC2)n1. The molecule has 1 aliphatic rings. The molecule has 1 aromatic carbocycles. The third-order valence-corrected chi connectivity index (χ3v) is 4.07. The Morgan fingerprint density at radius 1 is 0.952 bits per heavy atom. The van der Waals surface area contributed by atoms with Crippen molar-refractivity contribution in [3.8, 4) is 0 Å². The number of nitrogens with zero attached hydrogens (tertiary/aromatic N) is 4. The fraction of sp³-hybridized carbons (Fsp3) is 0.375. The second-order valence-electron chi connectivity index (χ2n) is 5.37. The summed E-state index contributed by atoms with van der Waals surface area (Å²) in [6.45, 7) is 7.89. The van der Waals surface area contributed by atoms with Gasteiger partial charge in [0.2, 0.25) is 0 Å². The van der Waals surface area contributed by atoms with Crippen LogP contribution in [-0.2, 0) is 0 Å². The van der Waals surface area contributed by atoms with Gasteiger partial charge in [-0.2, -0.15) is 0 Å². The Balaban J connectivity index is 1.70. The van der Waals surface area contributed by atoms with Gasteiger partial charge in [0.25, 0.3) is 0 Å². The van der Waals surface area contributed by atoms with E-state index < -0.39 is 0 Å². The van der Waals surface area contributed by atoms with Gasteiger partial charge in [-0.05, 0) is 38.1 Å². The van der Waals surface area contributed by atoms with Gasteiger partial charge in [-0.1, -0.05) is 11.6 Å². The first-order valence-corrected chi connectivity index (χ1v) is 7.57. The van der Waals surface area contributed by atoms with Crippen molar-refractivity contribution in [2.24, 2.45) is 0 Å². The third kappa shape index (κ3) is 3.10. The maximum absolute atomic E-state index is 5.94. The molecule has 1 aromatic heterocycles. The number of halogens is 1. The van der Waals surface area contributed by atoms with Gasteiger partial charge in [0, 0.05) is 43.1 Å². The van der Waals surface area contributed by atoms with Gasteiger partial charge in [0.05, 0.1) is 11.4 Å². The van der Waals surface area contributed by atoms with Crippen LogP contribution in [-0.4, -0.2) is 36.1 Å². The molecule has 0 bridgehead atoms. The average molecular weight is 303 g/mol.